The fraction of sp³-hybridized carbons (Fsp3) is 0.0667. The number of hydrogen-bond donors (Lipinski definition) is 3. The van der Waals surface area contributed by atoms with E-state index in [0.29, 0.717) is 34.2 Å². The number of primary amides is 1. The topological polar surface area (TPSA) is 188 Å². The molecule has 0 aliphatic heterocycles. The zero-order valence-corrected chi connectivity index (χ0v) is 25.1. The Morgan fingerprint density at radius 1 is 0.979 bits per heavy atom. The summed E-state index contributed by atoms with van der Waals surface area (Å²) in [7, 11) is -3.22. The van der Waals surface area contributed by atoms with Gasteiger partial charge in [-0.25, -0.2) is 31.8 Å². The van der Waals surface area contributed by atoms with Crippen LogP contribution in [0.15, 0.2) is 90.3 Å². The summed E-state index contributed by atoms with van der Waals surface area (Å²) in [4.78, 5) is 32.7. The Morgan fingerprint density at radius 2 is 1.79 bits per heavy atom. The average Bonchev–Trinajstić information content (AvgIpc) is 3.70. The van der Waals surface area contributed by atoms with Crippen molar-refractivity contribution >= 4 is 33.2 Å². The first-order valence-electron chi connectivity index (χ1n) is 13.6. The Bertz CT molecular complexity index is 2290. The number of imidazole rings is 1. The lowest BCUT2D eigenvalue weighted by molar-refractivity contribution is 0.0943. The highest BCUT2D eigenvalue weighted by atomic mass is 32.2. The van der Waals surface area contributed by atoms with Gasteiger partial charge in [-0.2, -0.15) is 0 Å². The van der Waals surface area contributed by atoms with E-state index >= 15 is 0 Å². The van der Waals surface area contributed by atoms with Crippen LogP contribution in [0.25, 0.3) is 22.5 Å². The van der Waals surface area contributed by atoms with Gasteiger partial charge in [0.05, 0.1) is 37.3 Å². The maximum Gasteiger partial charge on any atom is 0.270 e. The van der Waals surface area contributed by atoms with Crippen molar-refractivity contribution in [2.45, 2.75) is 11.4 Å². The fourth-order valence-electron chi connectivity index (χ4n) is 4.70. The van der Waals surface area contributed by atoms with E-state index in [1.807, 2.05) is 0 Å². The Labute approximate surface area is 264 Å². The number of ether oxygens (including phenoxy) is 1. The lowest BCUT2D eigenvalue weighted by atomic mass is 10.1. The van der Waals surface area contributed by atoms with Crippen LogP contribution in [0.2, 0.25) is 0 Å². The first-order chi connectivity index (χ1) is 22.5. The van der Waals surface area contributed by atoms with Gasteiger partial charge in [0.25, 0.3) is 21.8 Å². The van der Waals surface area contributed by atoms with Crippen LogP contribution in [0.4, 0.5) is 14.5 Å². The normalized spacial score (nSPS) is 11.4. The molecule has 0 fully saturated rings. The molecule has 17 heteroatoms. The lowest BCUT2D eigenvalue weighted by Crippen LogP contribution is -2.24. The number of halogens is 2. The molecular formula is C30H23F2N9O5S. The lowest BCUT2D eigenvalue weighted by Gasteiger charge is -2.13. The summed E-state index contributed by atoms with van der Waals surface area (Å²) in [5.74, 6) is -3.40. The number of carbonyl (C=O) groups is 2. The zero-order valence-electron chi connectivity index (χ0n) is 24.3. The van der Waals surface area contributed by atoms with Crippen molar-refractivity contribution in [3.05, 3.63) is 114 Å². The number of rotatable bonds is 10. The predicted molar refractivity (Wildman–Crippen MR) is 163 cm³/mol. The molecule has 0 saturated heterocycles. The monoisotopic (exact) mass is 659 g/mol. The summed E-state index contributed by atoms with van der Waals surface area (Å²) >= 11 is 0. The van der Waals surface area contributed by atoms with Gasteiger partial charge in [-0.05, 0) is 42.5 Å². The third-order valence-electron chi connectivity index (χ3n) is 6.93. The van der Waals surface area contributed by atoms with Crippen LogP contribution in [0, 0.1) is 11.6 Å². The molecule has 0 saturated carbocycles. The molecule has 6 aromatic rings. The number of pyridine rings is 2. The molecule has 2 aromatic carbocycles. The standard InChI is InChI=1S/C30H23F2N9O5S/c1-46-30-23(38-47(44,45)26-8-7-19(31)11-22(26)32)10-18(12-36-30)17-6-9-27-34-14-25(40(27)15-17)29(43)35-13-20-16-41(39-37-20)24-5-3-2-4-21(24)28(33)42/h2-12,14-16,38H,13H2,1H3,(H2,33,42)(H,35,43). The summed E-state index contributed by atoms with van der Waals surface area (Å²) in [5, 5.41) is 10.9. The van der Waals surface area contributed by atoms with Crippen LogP contribution in [0.3, 0.4) is 0 Å². The van der Waals surface area contributed by atoms with Crippen LogP contribution >= 0.6 is 0 Å². The zero-order chi connectivity index (χ0) is 33.3. The van der Waals surface area contributed by atoms with E-state index in [0.717, 1.165) is 12.1 Å². The van der Waals surface area contributed by atoms with Crippen molar-refractivity contribution in [2.75, 3.05) is 11.8 Å². The number of nitrogens with two attached hydrogens (primary N) is 1. The van der Waals surface area contributed by atoms with Gasteiger partial charge in [0.2, 0.25) is 5.88 Å². The summed E-state index contributed by atoms with van der Waals surface area (Å²) in [6.45, 7) is 0.00501. The number of carbonyl (C=O) groups excluding carboxylic acids is 2. The van der Waals surface area contributed by atoms with Crippen molar-refractivity contribution < 1.29 is 31.5 Å². The van der Waals surface area contributed by atoms with E-state index in [9.17, 15) is 26.8 Å². The van der Waals surface area contributed by atoms with Crippen molar-refractivity contribution in [1.29, 1.82) is 0 Å². The molecule has 2 amide bonds. The molecule has 0 aliphatic rings. The molecule has 4 N–H and O–H groups in total. The molecule has 0 unspecified atom stereocenters. The van der Waals surface area contributed by atoms with Crippen molar-refractivity contribution in [3.8, 4) is 22.7 Å². The maximum atomic E-state index is 14.3. The molecule has 0 radical (unpaired) electrons. The van der Waals surface area contributed by atoms with E-state index < -0.39 is 38.4 Å². The molecule has 238 valence electrons. The number of fused-ring (bicyclic) bond motifs is 1. The smallest absolute Gasteiger partial charge is 0.270 e. The number of hydrogen-bond acceptors (Lipinski definition) is 9. The number of nitrogens with one attached hydrogen (secondary N) is 2. The van der Waals surface area contributed by atoms with Gasteiger partial charge in [-0.15, -0.1) is 5.10 Å². The Balaban J connectivity index is 1.23. The van der Waals surface area contributed by atoms with E-state index in [4.69, 9.17) is 10.5 Å². The van der Waals surface area contributed by atoms with Gasteiger partial charge in [0, 0.05) is 29.6 Å². The Hall–Kier alpha value is -6.23. The SMILES string of the molecule is COc1ncc(-c2ccc3ncc(C(=O)NCc4cn(-c5ccccc5C(N)=O)nn4)n3c2)cc1NS(=O)(=O)c1ccc(F)cc1F. The summed E-state index contributed by atoms with van der Waals surface area (Å²) in [6.07, 6.45) is 5.97. The fourth-order valence-corrected chi connectivity index (χ4v) is 5.81. The third kappa shape index (κ3) is 6.19. The molecule has 4 heterocycles. The largest absolute Gasteiger partial charge is 0.480 e. The first kappa shape index (κ1) is 30.8. The minimum Gasteiger partial charge on any atom is -0.480 e. The van der Waals surface area contributed by atoms with Gasteiger partial charge >= 0.3 is 0 Å². The molecule has 4 aromatic heterocycles. The molecule has 0 bridgehead atoms. The number of nitrogens with zero attached hydrogens (tertiary/aromatic N) is 6. The number of benzene rings is 2. The van der Waals surface area contributed by atoms with Gasteiger partial charge in [-0.3, -0.25) is 18.7 Å². The highest BCUT2D eigenvalue weighted by molar-refractivity contribution is 7.92. The number of anilines is 1. The van der Waals surface area contributed by atoms with Crippen molar-refractivity contribution in [3.63, 3.8) is 0 Å². The quantitative estimate of drug-likeness (QED) is 0.199. The van der Waals surface area contributed by atoms with E-state index in [1.165, 1.54) is 34.7 Å². The molecule has 0 aliphatic carbocycles. The Morgan fingerprint density at radius 3 is 2.55 bits per heavy atom. The van der Waals surface area contributed by atoms with Crippen LogP contribution in [-0.2, 0) is 16.6 Å². The predicted octanol–water partition coefficient (Wildman–Crippen LogP) is 3.09. The number of aromatic nitrogens is 6. The summed E-state index contributed by atoms with van der Waals surface area (Å²) in [5.41, 5.74) is 8.01. The molecule has 47 heavy (non-hydrogen) atoms. The highest BCUT2D eigenvalue weighted by Crippen LogP contribution is 2.31. The van der Waals surface area contributed by atoms with Gasteiger partial charge in [0.15, 0.2) is 0 Å². The third-order valence-corrected chi connectivity index (χ3v) is 8.33. The van der Waals surface area contributed by atoms with E-state index in [-0.39, 0.29) is 29.4 Å². The summed E-state index contributed by atoms with van der Waals surface area (Å²) in [6, 6.07) is 13.5. The first-order valence-corrected chi connectivity index (χ1v) is 15.1. The van der Waals surface area contributed by atoms with Crippen LogP contribution in [0.5, 0.6) is 5.88 Å². The van der Waals surface area contributed by atoms with Crippen molar-refractivity contribution in [1.82, 2.24) is 34.7 Å². The van der Waals surface area contributed by atoms with Crippen molar-refractivity contribution in [2.24, 2.45) is 5.73 Å². The van der Waals surface area contributed by atoms with Crippen LogP contribution < -0.4 is 20.5 Å². The van der Waals surface area contributed by atoms with Gasteiger partial charge < -0.3 is 15.8 Å². The second-order valence-electron chi connectivity index (χ2n) is 9.97. The molecule has 0 atom stereocenters. The molecule has 6 rings (SSSR count). The maximum absolute atomic E-state index is 14.3. The number of amides is 2. The average molecular weight is 660 g/mol. The molecule has 14 nitrogen and oxygen atoms in total. The minimum atomic E-state index is -4.50. The molecular weight excluding hydrogens is 636 g/mol. The second-order valence-corrected chi connectivity index (χ2v) is 11.6. The van der Waals surface area contributed by atoms with E-state index in [2.05, 4.69) is 30.3 Å². The Kier molecular flexibility index (Phi) is 8.04. The number of sulfonamides is 1. The van der Waals surface area contributed by atoms with E-state index in [1.54, 1.807) is 48.8 Å². The number of para-hydroxylation sites is 1. The summed E-state index contributed by atoms with van der Waals surface area (Å²) < 4.78 is 63.9. The van der Waals surface area contributed by atoms with Crippen LogP contribution in [0.1, 0.15) is 26.5 Å². The van der Waals surface area contributed by atoms with Gasteiger partial charge in [-0.1, -0.05) is 17.3 Å². The molecule has 0 spiro atoms. The second kappa shape index (κ2) is 12.3. The van der Waals surface area contributed by atoms with Crippen LogP contribution in [-0.4, -0.2) is 56.7 Å². The number of methoxy groups -OCH3 is 1. The van der Waals surface area contributed by atoms with Gasteiger partial charge in [0.1, 0.15) is 39.3 Å². The highest BCUT2D eigenvalue weighted by Gasteiger charge is 2.23. The minimum absolute atomic E-state index is 0.00501.